The molecule has 0 amide bonds. The molecule has 1 aliphatic rings. The summed E-state index contributed by atoms with van der Waals surface area (Å²) in [7, 11) is -0.917. The van der Waals surface area contributed by atoms with E-state index >= 15 is 0 Å². The molecule has 0 radical (unpaired) electrons. The van der Waals surface area contributed by atoms with Crippen molar-refractivity contribution in [3.05, 3.63) is 0 Å². The van der Waals surface area contributed by atoms with Gasteiger partial charge in [0, 0.05) is 25.4 Å². The van der Waals surface area contributed by atoms with E-state index in [9.17, 15) is 8.42 Å². The molecule has 0 aromatic carbocycles. The number of hydrogen-bond donors (Lipinski definition) is 0. The third kappa shape index (κ3) is 3.71. The van der Waals surface area contributed by atoms with Gasteiger partial charge in [-0.2, -0.15) is 0 Å². The quantitative estimate of drug-likeness (QED) is 0.657. The van der Waals surface area contributed by atoms with Gasteiger partial charge in [-0.3, -0.25) is 4.90 Å². The summed E-state index contributed by atoms with van der Waals surface area (Å²) in [5.74, 6) is 0. The van der Waals surface area contributed by atoms with Crippen molar-refractivity contribution < 1.29 is 13.2 Å². The zero-order chi connectivity index (χ0) is 12.2. The predicted octanol–water partition coefficient (Wildman–Crippen LogP) is 0.920. The van der Waals surface area contributed by atoms with Gasteiger partial charge in [0.15, 0.2) is 9.84 Å². The highest BCUT2D eigenvalue weighted by Gasteiger charge is 2.36. The van der Waals surface area contributed by atoms with Crippen LogP contribution in [-0.4, -0.2) is 57.7 Å². The van der Waals surface area contributed by atoms with E-state index in [-0.39, 0.29) is 11.3 Å². The highest BCUT2D eigenvalue weighted by atomic mass is 32.2. The second-order valence-electron chi connectivity index (χ2n) is 4.54. The molecular weight excluding hydrogens is 226 g/mol. The molecule has 0 spiro atoms. The molecule has 5 heteroatoms. The smallest absolute Gasteiger partial charge is 0.151 e. The summed E-state index contributed by atoms with van der Waals surface area (Å²) >= 11 is 0. The third-order valence-corrected chi connectivity index (χ3v) is 4.98. The minimum Gasteiger partial charge on any atom is -0.380 e. The van der Waals surface area contributed by atoms with E-state index in [0.717, 1.165) is 25.8 Å². The maximum Gasteiger partial charge on any atom is 0.151 e. The summed E-state index contributed by atoms with van der Waals surface area (Å²) in [5.41, 5.74) is 0. The van der Waals surface area contributed by atoms with Gasteiger partial charge in [0.2, 0.25) is 0 Å². The Morgan fingerprint density at radius 3 is 2.62 bits per heavy atom. The first-order valence-corrected chi connectivity index (χ1v) is 7.89. The molecule has 0 aromatic rings. The van der Waals surface area contributed by atoms with Crippen LogP contribution in [0.3, 0.4) is 0 Å². The lowest BCUT2D eigenvalue weighted by molar-refractivity contribution is 0.108. The highest BCUT2D eigenvalue weighted by molar-refractivity contribution is 7.91. The van der Waals surface area contributed by atoms with Gasteiger partial charge in [0.1, 0.15) is 0 Å². The fourth-order valence-corrected chi connectivity index (χ4v) is 3.94. The van der Waals surface area contributed by atoms with Crippen molar-refractivity contribution in [2.75, 3.05) is 33.1 Å². The van der Waals surface area contributed by atoms with Gasteiger partial charge in [-0.05, 0) is 26.8 Å². The van der Waals surface area contributed by atoms with Gasteiger partial charge >= 0.3 is 0 Å². The first-order chi connectivity index (χ1) is 7.46. The van der Waals surface area contributed by atoms with Crippen molar-refractivity contribution in [3.63, 3.8) is 0 Å². The second kappa shape index (κ2) is 5.98. The molecule has 0 aromatic heterocycles. The molecule has 0 bridgehead atoms. The third-order valence-electron chi connectivity index (χ3n) is 3.33. The molecule has 1 saturated carbocycles. The average molecular weight is 249 g/mol. The Balaban J connectivity index is 2.51. The van der Waals surface area contributed by atoms with Crippen molar-refractivity contribution in [2.45, 2.75) is 37.5 Å². The lowest BCUT2D eigenvalue weighted by atomic mass is 10.2. The van der Waals surface area contributed by atoms with E-state index in [1.165, 1.54) is 6.26 Å². The Labute approximate surface area is 98.9 Å². The van der Waals surface area contributed by atoms with Crippen LogP contribution in [0.25, 0.3) is 0 Å². The summed E-state index contributed by atoms with van der Waals surface area (Å²) in [6.45, 7) is 4.17. The van der Waals surface area contributed by atoms with E-state index in [2.05, 4.69) is 4.90 Å². The fourth-order valence-electron chi connectivity index (χ4n) is 2.43. The number of rotatable bonds is 6. The number of likely N-dealkylation sites (N-methyl/N-ethyl adjacent to an activating group) is 1. The standard InChI is InChI=1S/C11H23NO3S/c1-4-15-9-8-12(2)10-6-5-7-11(10)16(3,13)14/h10-11H,4-9H2,1-3H3/t10-,11-/m0/s1. The molecule has 0 unspecified atom stereocenters. The van der Waals surface area contributed by atoms with Crippen LogP contribution in [0.4, 0.5) is 0 Å². The van der Waals surface area contributed by atoms with Crippen LogP contribution in [0.5, 0.6) is 0 Å². The van der Waals surface area contributed by atoms with Gasteiger partial charge < -0.3 is 4.74 Å². The van der Waals surface area contributed by atoms with Crippen LogP contribution in [0.15, 0.2) is 0 Å². The largest absolute Gasteiger partial charge is 0.380 e. The summed E-state index contributed by atoms with van der Waals surface area (Å²) < 4.78 is 28.5. The van der Waals surface area contributed by atoms with Gasteiger partial charge in [-0.1, -0.05) is 6.42 Å². The van der Waals surface area contributed by atoms with Crippen molar-refractivity contribution in [1.82, 2.24) is 4.90 Å². The van der Waals surface area contributed by atoms with E-state index in [1.54, 1.807) is 0 Å². The van der Waals surface area contributed by atoms with Crippen LogP contribution >= 0.6 is 0 Å². The molecular formula is C11H23NO3S. The molecule has 0 aliphatic heterocycles. The lowest BCUT2D eigenvalue weighted by Crippen LogP contribution is -2.42. The molecule has 2 atom stereocenters. The van der Waals surface area contributed by atoms with E-state index < -0.39 is 9.84 Å². The van der Waals surface area contributed by atoms with Gasteiger partial charge in [0.25, 0.3) is 0 Å². The number of hydrogen-bond acceptors (Lipinski definition) is 4. The molecule has 1 aliphatic carbocycles. The van der Waals surface area contributed by atoms with Gasteiger partial charge in [-0.25, -0.2) is 8.42 Å². The molecule has 96 valence electrons. The van der Waals surface area contributed by atoms with Crippen molar-refractivity contribution in [1.29, 1.82) is 0 Å². The van der Waals surface area contributed by atoms with E-state index in [4.69, 9.17) is 4.74 Å². The fraction of sp³-hybridized carbons (Fsp3) is 1.00. The van der Waals surface area contributed by atoms with E-state index in [0.29, 0.717) is 13.2 Å². The Bertz CT molecular complexity index is 302. The molecule has 1 fully saturated rings. The highest BCUT2D eigenvalue weighted by Crippen LogP contribution is 2.28. The van der Waals surface area contributed by atoms with Crippen LogP contribution < -0.4 is 0 Å². The zero-order valence-corrected chi connectivity index (χ0v) is 11.3. The van der Waals surface area contributed by atoms with Crippen LogP contribution in [0, 0.1) is 0 Å². The molecule has 16 heavy (non-hydrogen) atoms. The molecule has 0 saturated heterocycles. The molecule has 0 N–H and O–H groups in total. The summed E-state index contributed by atoms with van der Waals surface area (Å²) in [6.07, 6.45) is 4.16. The monoisotopic (exact) mass is 249 g/mol. The number of ether oxygens (including phenoxy) is 1. The zero-order valence-electron chi connectivity index (χ0n) is 10.5. The number of nitrogens with zero attached hydrogens (tertiary/aromatic N) is 1. The molecule has 0 heterocycles. The van der Waals surface area contributed by atoms with Gasteiger partial charge in [-0.15, -0.1) is 0 Å². The number of sulfone groups is 1. The first kappa shape index (κ1) is 13.9. The maximum atomic E-state index is 11.6. The van der Waals surface area contributed by atoms with Crippen LogP contribution in [-0.2, 0) is 14.6 Å². The minimum atomic E-state index is -2.91. The minimum absolute atomic E-state index is 0.176. The summed E-state index contributed by atoms with van der Waals surface area (Å²) in [4.78, 5) is 2.13. The Morgan fingerprint density at radius 1 is 1.38 bits per heavy atom. The summed E-state index contributed by atoms with van der Waals surface area (Å²) in [6, 6.07) is 0.176. The van der Waals surface area contributed by atoms with Crippen molar-refractivity contribution in [2.24, 2.45) is 0 Å². The Hall–Kier alpha value is -0.130. The second-order valence-corrected chi connectivity index (χ2v) is 6.81. The normalized spacial score (nSPS) is 26.5. The topological polar surface area (TPSA) is 46.6 Å². The van der Waals surface area contributed by atoms with Crippen molar-refractivity contribution >= 4 is 9.84 Å². The van der Waals surface area contributed by atoms with E-state index in [1.807, 2.05) is 14.0 Å². The molecule has 1 rings (SSSR count). The average Bonchev–Trinajstić information content (AvgIpc) is 2.65. The first-order valence-electron chi connectivity index (χ1n) is 5.93. The van der Waals surface area contributed by atoms with Crippen LogP contribution in [0.1, 0.15) is 26.2 Å². The Kier molecular flexibility index (Phi) is 5.21. The van der Waals surface area contributed by atoms with Crippen molar-refractivity contribution in [3.8, 4) is 0 Å². The van der Waals surface area contributed by atoms with Crippen LogP contribution in [0.2, 0.25) is 0 Å². The summed E-state index contributed by atoms with van der Waals surface area (Å²) in [5, 5.41) is -0.181. The predicted molar refractivity (Wildman–Crippen MR) is 65.4 cm³/mol. The molecule has 4 nitrogen and oxygen atoms in total. The SMILES string of the molecule is CCOCCN(C)[C@H]1CCC[C@@H]1S(C)(=O)=O. The maximum absolute atomic E-state index is 11.6. The Morgan fingerprint density at radius 2 is 2.06 bits per heavy atom. The lowest BCUT2D eigenvalue weighted by Gasteiger charge is -2.28. The van der Waals surface area contributed by atoms with Gasteiger partial charge in [0.05, 0.1) is 11.9 Å².